The lowest BCUT2D eigenvalue weighted by Gasteiger charge is -2.27. The van der Waals surface area contributed by atoms with Crippen molar-refractivity contribution in [1.29, 1.82) is 5.26 Å². The average Bonchev–Trinajstić information content (AvgIpc) is 3.12. The van der Waals surface area contributed by atoms with E-state index < -0.39 is 6.09 Å². The summed E-state index contributed by atoms with van der Waals surface area (Å²) in [5.74, 6) is 0.275. The molecule has 1 aliphatic carbocycles. The van der Waals surface area contributed by atoms with E-state index in [2.05, 4.69) is 21.7 Å². The number of carbonyl (C=O) groups is 1. The molecule has 154 valence electrons. The highest BCUT2D eigenvalue weighted by Crippen LogP contribution is 2.36. The molecule has 4 rings (SSSR count). The van der Waals surface area contributed by atoms with Gasteiger partial charge in [0.05, 0.1) is 23.5 Å². The molecule has 0 saturated heterocycles. The first kappa shape index (κ1) is 19.5. The number of rotatable bonds is 5. The molecule has 4 N–H and O–H groups in total. The molecular formula is C21H22N6O3. The van der Waals surface area contributed by atoms with Crippen LogP contribution in [0.3, 0.4) is 0 Å². The molecule has 0 spiro atoms. The van der Waals surface area contributed by atoms with Crippen LogP contribution in [0.25, 0.3) is 10.9 Å². The van der Waals surface area contributed by atoms with Gasteiger partial charge in [-0.05, 0) is 36.6 Å². The zero-order chi connectivity index (χ0) is 21.1. The number of aromatic nitrogens is 3. The van der Waals surface area contributed by atoms with Gasteiger partial charge < -0.3 is 20.7 Å². The molecule has 2 atom stereocenters. The molecule has 2 heterocycles. The van der Waals surface area contributed by atoms with Crippen molar-refractivity contribution < 1.29 is 9.90 Å². The largest absolute Gasteiger partial charge is 0.465 e. The van der Waals surface area contributed by atoms with Crippen LogP contribution in [0.15, 0.2) is 41.3 Å². The number of nitriles is 1. The molecular weight excluding hydrogens is 384 g/mol. The molecule has 9 heteroatoms. The van der Waals surface area contributed by atoms with Crippen molar-refractivity contribution >= 4 is 28.5 Å². The fourth-order valence-corrected chi connectivity index (χ4v) is 4.07. The summed E-state index contributed by atoms with van der Waals surface area (Å²) in [6.45, 7) is 0.173. The zero-order valence-electron chi connectivity index (χ0n) is 16.3. The average molecular weight is 406 g/mol. The van der Waals surface area contributed by atoms with Gasteiger partial charge >= 0.3 is 6.09 Å². The first-order chi connectivity index (χ1) is 14.6. The number of fused-ring (bicyclic) bond motifs is 1. The molecule has 1 saturated carbocycles. The lowest BCUT2D eigenvalue weighted by atomic mass is 9.85. The van der Waals surface area contributed by atoms with E-state index in [-0.39, 0.29) is 24.1 Å². The summed E-state index contributed by atoms with van der Waals surface area (Å²) in [6, 6.07) is 11.4. The van der Waals surface area contributed by atoms with E-state index in [4.69, 9.17) is 10.2 Å². The molecule has 1 amide bonds. The Kier molecular flexibility index (Phi) is 5.39. The van der Waals surface area contributed by atoms with Gasteiger partial charge in [0.25, 0.3) is 5.56 Å². The van der Waals surface area contributed by atoms with Gasteiger partial charge in [-0.25, -0.2) is 4.79 Å². The monoisotopic (exact) mass is 406 g/mol. The van der Waals surface area contributed by atoms with Gasteiger partial charge in [0.1, 0.15) is 5.39 Å². The minimum Gasteiger partial charge on any atom is -0.465 e. The minimum atomic E-state index is -1.09. The highest BCUT2D eigenvalue weighted by molar-refractivity contribution is 5.91. The smallest absolute Gasteiger partial charge is 0.404 e. The number of anilines is 2. The molecule has 0 bridgehead atoms. The topological polar surface area (TPSA) is 136 Å². The normalized spacial score (nSPS) is 18.6. The number of aromatic amines is 1. The molecule has 1 aromatic carbocycles. The predicted octanol–water partition coefficient (Wildman–Crippen LogP) is 3.49. The fourth-order valence-electron chi connectivity index (χ4n) is 4.07. The standard InChI is InChI=1S/C21H22N6O3/c22-11-14-5-1-2-7-16(14)27-17-8-9-23-20(28)18(17)19(26-27)25-15-6-3-4-13(10-15)12-24-21(29)30/h3-4,6,8-10,14,16,24H,1-2,5,7,12H2,(H,23,28)(H,25,26)(H,29,30)/t14-,16+/m1/s1. The van der Waals surface area contributed by atoms with Gasteiger partial charge in [0.2, 0.25) is 0 Å². The van der Waals surface area contributed by atoms with Gasteiger partial charge in [-0.15, -0.1) is 0 Å². The molecule has 1 aliphatic rings. The first-order valence-electron chi connectivity index (χ1n) is 9.89. The van der Waals surface area contributed by atoms with Gasteiger partial charge in [0.15, 0.2) is 5.82 Å². The Morgan fingerprint density at radius 3 is 2.97 bits per heavy atom. The third-order valence-electron chi connectivity index (χ3n) is 5.47. The number of H-pyrrole nitrogens is 1. The summed E-state index contributed by atoms with van der Waals surface area (Å²) in [4.78, 5) is 26.0. The first-order valence-corrected chi connectivity index (χ1v) is 9.89. The Morgan fingerprint density at radius 2 is 2.17 bits per heavy atom. The quantitative estimate of drug-likeness (QED) is 0.512. The maximum Gasteiger partial charge on any atom is 0.404 e. The SMILES string of the molecule is N#C[C@H]1CCCC[C@@H]1n1nc(Nc2cccc(CNC(=O)O)c2)c2c(=O)[nH]ccc21. The van der Waals surface area contributed by atoms with Crippen molar-refractivity contribution in [1.82, 2.24) is 20.1 Å². The van der Waals surface area contributed by atoms with Gasteiger partial charge in [-0.3, -0.25) is 9.48 Å². The third kappa shape index (κ3) is 3.85. The van der Waals surface area contributed by atoms with Crippen LogP contribution in [0.1, 0.15) is 37.3 Å². The Morgan fingerprint density at radius 1 is 1.33 bits per heavy atom. The van der Waals surface area contributed by atoms with E-state index in [0.717, 1.165) is 31.2 Å². The van der Waals surface area contributed by atoms with E-state index in [1.165, 1.54) is 0 Å². The molecule has 30 heavy (non-hydrogen) atoms. The third-order valence-corrected chi connectivity index (χ3v) is 5.47. The van der Waals surface area contributed by atoms with Crippen molar-refractivity contribution in [2.75, 3.05) is 5.32 Å². The van der Waals surface area contributed by atoms with Gasteiger partial charge in [-0.2, -0.15) is 10.4 Å². The van der Waals surface area contributed by atoms with Crippen LogP contribution in [0, 0.1) is 17.2 Å². The summed E-state index contributed by atoms with van der Waals surface area (Å²) < 4.78 is 1.82. The molecule has 0 radical (unpaired) electrons. The maximum absolute atomic E-state index is 12.6. The Balaban J connectivity index is 1.72. The van der Waals surface area contributed by atoms with Crippen LogP contribution in [0.5, 0.6) is 0 Å². The summed E-state index contributed by atoms with van der Waals surface area (Å²) in [5.41, 5.74) is 1.90. The summed E-state index contributed by atoms with van der Waals surface area (Å²) >= 11 is 0. The lowest BCUT2D eigenvalue weighted by Crippen LogP contribution is -2.23. The summed E-state index contributed by atoms with van der Waals surface area (Å²) in [6.07, 6.45) is 4.22. The van der Waals surface area contributed by atoms with Gasteiger partial charge in [-0.1, -0.05) is 25.0 Å². The number of nitrogens with zero attached hydrogens (tertiary/aromatic N) is 3. The van der Waals surface area contributed by atoms with Crippen molar-refractivity contribution in [3.8, 4) is 6.07 Å². The van der Waals surface area contributed by atoms with E-state index >= 15 is 0 Å². The Bertz CT molecular complexity index is 1180. The fraction of sp³-hybridized carbons (Fsp3) is 0.333. The Labute approximate surface area is 172 Å². The highest BCUT2D eigenvalue weighted by atomic mass is 16.4. The van der Waals surface area contributed by atoms with Crippen LogP contribution in [-0.4, -0.2) is 26.0 Å². The number of benzene rings is 1. The van der Waals surface area contributed by atoms with Crippen LogP contribution >= 0.6 is 0 Å². The minimum absolute atomic E-state index is 0.0744. The Hall–Kier alpha value is -3.80. The molecule has 3 aromatic rings. The summed E-state index contributed by atoms with van der Waals surface area (Å²) in [7, 11) is 0. The van der Waals surface area contributed by atoms with Crippen LogP contribution in [0.2, 0.25) is 0 Å². The number of hydrogen-bond donors (Lipinski definition) is 4. The van der Waals surface area contributed by atoms with Crippen molar-refractivity contribution in [2.45, 2.75) is 38.3 Å². The lowest BCUT2D eigenvalue weighted by molar-refractivity contribution is 0.194. The number of pyridine rings is 1. The van der Waals surface area contributed by atoms with E-state index in [0.29, 0.717) is 22.4 Å². The van der Waals surface area contributed by atoms with Gasteiger partial charge in [0, 0.05) is 18.4 Å². The van der Waals surface area contributed by atoms with Crippen LogP contribution in [0.4, 0.5) is 16.3 Å². The number of carboxylic acid groups (broad SMARTS) is 1. The van der Waals surface area contributed by atoms with Crippen LogP contribution in [-0.2, 0) is 6.54 Å². The second-order valence-electron chi connectivity index (χ2n) is 7.43. The summed E-state index contributed by atoms with van der Waals surface area (Å²) in [5, 5.41) is 29.1. The van der Waals surface area contributed by atoms with Crippen molar-refractivity contribution in [3.05, 3.63) is 52.4 Å². The molecule has 9 nitrogen and oxygen atoms in total. The number of nitrogens with one attached hydrogen (secondary N) is 3. The molecule has 0 aliphatic heterocycles. The molecule has 1 fully saturated rings. The highest BCUT2D eigenvalue weighted by Gasteiger charge is 2.29. The second-order valence-corrected chi connectivity index (χ2v) is 7.43. The second kappa shape index (κ2) is 8.29. The number of hydrogen-bond acceptors (Lipinski definition) is 5. The maximum atomic E-state index is 12.6. The predicted molar refractivity (Wildman–Crippen MR) is 112 cm³/mol. The van der Waals surface area contributed by atoms with E-state index in [1.807, 2.05) is 22.9 Å². The molecule has 2 aromatic heterocycles. The molecule has 0 unspecified atom stereocenters. The van der Waals surface area contributed by atoms with E-state index in [1.54, 1.807) is 18.3 Å². The van der Waals surface area contributed by atoms with E-state index in [9.17, 15) is 14.9 Å². The van der Waals surface area contributed by atoms with Crippen molar-refractivity contribution in [2.24, 2.45) is 5.92 Å². The zero-order valence-corrected chi connectivity index (χ0v) is 16.3. The number of amides is 1. The van der Waals surface area contributed by atoms with Crippen LogP contribution < -0.4 is 16.2 Å². The van der Waals surface area contributed by atoms with Crippen molar-refractivity contribution in [3.63, 3.8) is 0 Å².